The molecule has 1 aromatic heterocycles. The van der Waals surface area contributed by atoms with E-state index in [2.05, 4.69) is 12.2 Å². The molecule has 4 heteroatoms. The fraction of sp³-hybridized carbons (Fsp3) is 0.111. The van der Waals surface area contributed by atoms with Gasteiger partial charge in [-0.25, -0.2) is 4.79 Å². The zero-order valence-corrected chi connectivity index (χ0v) is 12.1. The quantitative estimate of drug-likeness (QED) is 0.802. The van der Waals surface area contributed by atoms with E-state index in [0.717, 1.165) is 17.7 Å². The molecule has 0 aliphatic heterocycles. The van der Waals surface area contributed by atoms with Crippen LogP contribution in [0.4, 0.5) is 5.69 Å². The van der Waals surface area contributed by atoms with E-state index < -0.39 is 5.63 Å². The van der Waals surface area contributed by atoms with E-state index in [4.69, 9.17) is 4.42 Å². The number of carbonyl (C=O) groups is 1. The van der Waals surface area contributed by atoms with Crippen LogP contribution in [0.1, 0.15) is 22.8 Å². The molecule has 4 nitrogen and oxygen atoms in total. The number of amides is 1. The van der Waals surface area contributed by atoms with Crippen molar-refractivity contribution in [2.75, 3.05) is 5.32 Å². The number of aryl methyl sites for hydroxylation is 1. The molecule has 0 bridgehead atoms. The predicted molar refractivity (Wildman–Crippen MR) is 86.3 cm³/mol. The van der Waals surface area contributed by atoms with Crippen molar-refractivity contribution in [3.05, 3.63) is 76.3 Å². The van der Waals surface area contributed by atoms with Gasteiger partial charge in [-0.3, -0.25) is 4.79 Å². The lowest BCUT2D eigenvalue weighted by molar-refractivity contribution is 0.102. The summed E-state index contributed by atoms with van der Waals surface area (Å²) in [5.41, 5.74) is 1.76. The molecule has 0 atom stereocenters. The van der Waals surface area contributed by atoms with E-state index in [-0.39, 0.29) is 5.91 Å². The van der Waals surface area contributed by atoms with Crippen molar-refractivity contribution < 1.29 is 9.21 Å². The van der Waals surface area contributed by atoms with Crippen LogP contribution in [0, 0.1) is 0 Å². The van der Waals surface area contributed by atoms with Crippen LogP contribution in [0.3, 0.4) is 0 Å². The summed E-state index contributed by atoms with van der Waals surface area (Å²) in [6, 6.07) is 14.6. The molecule has 0 saturated heterocycles. The summed E-state index contributed by atoms with van der Waals surface area (Å²) in [6.45, 7) is 2.06. The van der Waals surface area contributed by atoms with Crippen LogP contribution >= 0.6 is 0 Å². The lowest BCUT2D eigenvalue weighted by Gasteiger charge is -2.08. The summed E-state index contributed by atoms with van der Waals surface area (Å²) >= 11 is 0. The lowest BCUT2D eigenvalue weighted by atomic mass is 10.1. The van der Waals surface area contributed by atoms with Crippen LogP contribution in [0.15, 0.2) is 64.0 Å². The zero-order valence-electron chi connectivity index (χ0n) is 12.1. The third-order valence-electron chi connectivity index (χ3n) is 3.56. The molecule has 0 aliphatic rings. The van der Waals surface area contributed by atoms with Gasteiger partial charge in [0.05, 0.1) is 10.9 Å². The van der Waals surface area contributed by atoms with Crippen LogP contribution in [-0.4, -0.2) is 5.91 Å². The van der Waals surface area contributed by atoms with E-state index >= 15 is 0 Å². The number of benzene rings is 2. The van der Waals surface area contributed by atoms with E-state index in [9.17, 15) is 9.59 Å². The van der Waals surface area contributed by atoms with Crippen molar-refractivity contribution in [1.29, 1.82) is 0 Å². The number of carbonyl (C=O) groups excluding carboxylic acids is 1. The van der Waals surface area contributed by atoms with Crippen LogP contribution in [-0.2, 0) is 6.42 Å². The van der Waals surface area contributed by atoms with Crippen molar-refractivity contribution in [3.8, 4) is 0 Å². The second kappa shape index (κ2) is 5.85. The topological polar surface area (TPSA) is 59.3 Å². The largest absolute Gasteiger partial charge is 0.430 e. The molecule has 3 rings (SSSR count). The number of hydrogen-bond donors (Lipinski definition) is 1. The number of anilines is 1. The van der Waals surface area contributed by atoms with Crippen LogP contribution in [0.5, 0.6) is 0 Å². The molecule has 110 valence electrons. The second-order valence-electron chi connectivity index (χ2n) is 4.99. The van der Waals surface area contributed by atoms with Crippen LogP contribution in [0.25, 0.3) is 10.8 Å². The van der Waals surface area contributed by atoms with Gasteiger partial charge in [0.1, 0.15) is 6.26 Å². The average Bonchev–Trinajstić information content (AvgIpc) is 2.55. The van der Waals surface area contributed by atoms with Crippen molar-refractivity contribution in [3.63, 3.8) is 0 Å². The fourth-order valence-electron chi connectivity index (χ4n) is 2.38. The van der Waals surface area contributed by atoms with Crippen LogP contribution < -0.4 is 10.9 Å². The number of rotatable bonds is 3. The minimum absolute atomic E-state index is 0.298. The Morgan fingerprint density at radius 2 is 1.86 bits per heavy atom. The Hall–Kier alpha value is -2.88. The van der Waals surface area contributed by atoms with Gasteiger partial charge in [-0.2, -0.15) is 0 Å². The van der Waals surface area contributed by atoms with Gasteiger partial charge in [0.15, 0.2) is 0 Å². The van der Waals surface area contributed by atoms with E-state index in [1.165, 1.54) is 6.26 Å². The first kappa shape index (κ1) is 14.1. The normalized spacial score (nSPS) is 10.6. The average molecular weight is 293 g/mol. The molecule has 1 N–H and O–H groups in total. The van der Waals surface area contributed by atoms with Crippen molar-refractivity contribution in [1.82, 2.24) is 0 Å². The molecular weight excluding hydrogens is 278 g/mol. The summed E-state index contributed by atoms with van der Waals surface area (Å²) in [7, 11) is 0. The SMILES string of the molecule is CCc1cccc(NC(=O)c2coc(=O)c3ccccc23)c1. The monoisotopic (exact) mass is 293 g/mol. The number of hydrogen-bond acceptors (Lipinski definition) is 3. The minimum Gasteiger partial charge on any atom is -0.430 e. The van der Waals surface area contributed by atoms with Gasteiger partial charge in [0, 0.05) is 11.1 Å². The van der Waals surface area contributed by atoms with Crippen molar-refractivity contribution in [2.45, 2.75) is 13.3 Å². The van der Waals surface area contributed by atoms with Gasteiger partial charge in [-0.15, -0.1) is 0 Å². The third kappa shape index (κ3) is 2.63. The Kier molecular flexibility index (Phi) is 3.74. The lowest BCUT2D eigenvalue weighted by Crippen LogP contribution is -2.14. The Morgan fingerprint density at radius 3 is 2.64 bits per heavy atom. The molecule has 0 saturated carbocycles. The number of fused-ring (bicyclic) bond motifs is 1. The molecule has 0 fully saturated rings. The molecule has 0 spiro atoms. The molecule has 3 aromatic rings. The predicted octanol–water partition coefficient (Wildman–Crippen LogP) is 3.61. The maximum Gasteiger partial charge on any atom is 0.343 e. The first-order valence-corrected chi connectivity index (χ1v) is 7.10. The first-order chi connectivity index (χ1) is 10.7. The Balaban J connectivity index is 1.99. The molecular formula is C18H15NO3. The fourth-order valence-corrected chi connectivity index (χ4v) is 2.38. The van der Waals surface area contributed by atoms with Gasteiger partial charge in [0.2, 0.25) is 0 Å². The second-order valence-corrected chi connectivity index (χ2v) is 4.99. The van der Waals surface area contributed by atoms with Gasteiger partial charge in [-0.1, -0.05) is 37.3 Å². The highest BCUT2D eigenvalue weighted by Gasteiger charge is 2.13. The maximum atomic E-state index is 12.5. The number of nitrogens with one attached hydrogen (secondary N) is 1. The molecule has 22 heavy (non-hydrogen) atoms. The van der Waals surface area contributed by atoms with E-state index in [1.54, 1.807) is 24.3 Å². The molecule has 0 radical (unpaired) electrons. The molecule has 0 unspecified atom stereocenters. The minimum atomic E-state index is -0.444. The summed E-state index contributed by atoms with van der Waals surface area (Å²) in [4.78, 5) is 24.2. The summed E-state index contributed by atoms with van der Waals surface area (Å²) in [5, 5.41) is 3.83. The summed E-state index contributed by atoms with van der Waals surface area (Å²) in [5.74, 6) is -0.298. The van der Waals surface area contributed by atoms with Gasteiger partial charge in [-0.05, 0) is 30.2 Å². The highest BCUT2D eigenvalue weighted by molar-refractivity contribution is 6.12. The Labute approximate surface area is 127 Å². The standard InChI is InChI=1S/C18H15NO3/c1-2-12-6-5-7-13(10-12)19-17(20)16-11-22-18(21)15-9-4-3-8-14(15)16/h3-11H,2H2,1H3,(H,19,20). The zero-order chi connectivity index (χ0) is 15.5. The van der Waals surface area contributed by atoms with Gasteiger partial charge >= 0.3 is 5.63 Å². The molecule has 0 aliphatic carbocycles. The van der Waals surface area contributed by atoms with Crippen LogP contribution in [0.2, 0.25) is 0 Å². The molecule has 2 aromatic carbocycles. The maximum absolute atomic E-state index is 12.5. The smallest absolute Gasteiger partial charge is 0.343 e. The van der Waals surface area contributed by atoms with Gasteiger partial charge < -0.3 is 9.73 Å². The van der Waals surface area contributed by atoms with Crippen molar-refractivity contribution >= 4 is 22.4 Å². The Bertz CT molecular complexity index is 896. The molecule has 1 heterocycles. The van der Waals surface area contributed by atoms with Gasteiger partial charge in [0.25, 0.3) is 5.91 Å². The third-order valence-corrected chi connectivity index (χ3v) is 3.56. The van der Waals surface area contributed by atoms with Crippen molar-refractivity contribution in [2.24, 2.45) is 0 Å². The Morgan fingerprint density at radius 1 is 1.09 bits per heavy atom. The first-order valence-electron chi connectivity index (χ1n) is 7.10. The highest BCUT2D eigenvalue weighted by atomic mass is 16.4. The van der Waals surface area contributed by atoms with E-state index in [1.807, 2.05) is 24.3 Å². The summed E-state index contributed by atoms with van der Waals surface area (Å²) < 4.78 is 4.96. The van der Waals surface area contributed by atoms with E-state index in [0.29, 0.717) is 16.3 Å². The summed E-state index contributed by atoms with van der Waals surface area (Å²) in [6.07, 6.45) is 2.11. The molecule has 1 amide bonds. The highest BCUT2D eigenvalue weighted by Crippen LogP contribution is 2.18.